The minimum atomic E-state index is 0.717. The van der Waals surface area contributed by atoms with Crippen LogP contribution in [0.25, 0.3) is 0 Å². The van der Waals surface area contributed by atoms with E-state index in [9.17, 15) is 0 Å². The number of benzene rings is 1. The first-order chi connectivity index (χ1) is 11.2. The van der Waals surface area contributed by atoms with Crippen LogP contribution in [0.2, 0.25) is 0 Å². The van der Waals surface area contributed by atoms with Gasteiger partial charge in [-0.3, -0.25) is 4.90 Å². The smallest absolute Gasteiger partial charge is 0.165 e. The second-order valence-electron chi connectivity index (χ2n) is 5.98. The standard InChI is InChI=1S/C18H24N2O3/c1-13-16(14(2)23-19-13)8-10-20-9-5-11-22-18-15(12-20)6-4-7-17(18)21-3/h4,6-7H,5,8-12H2,1-3H3. The van der Waals surface area contributed by atoms with Crippen LogP contribution in [0.4, 0.5) is 0 Å². The molecule has 1 aliphatic rings. The fourth-order valence-corrected chi connectivity index (χ4v) is 3.11. The number of hydrogen-bond donors (Lipinski definition) is 0. The zero-order chi connectivity index (χ0) is 16.2. The summed E-state index contributed by atoms with van der Waals surface area (Å²) in [6, 6.07) is 6.09. The molecule has 23 heavy (non-hydrogen) atoms. The van der Waals surface area contributed by atoms with Crippen LogP contribution in [-0.4, -0.2) is 36.9 Å². The summed E-state index contributed by atoms with van der Waals surface area (Å²) >= 11 is 0. The molecular formula is C18H24N2O3. The summed E-state index contributed by atoms with van der Waals surface area (Å²) in [5, 5.41) is 4.04. The molecule has 5 heteroatoms. The van der Waals surface area contributed by atoms with E-state index in [2.05, 4.69) is 16.1 Å². The van der Waals surface area contributed by atoms with Crippen LogP contribution in [0.3, 0.4) is 0 Å². The molecule has 0 spiro atoms. The highest BCUT2D eigenvalue weighted by atomic mass is 16.5. The van der Waals surface area contributed by atoms with E-state index in [1.165, 1.54) is 11.1 Å². The summed E-state index contributed by atoms with van der Waals surface area (Å²) in [6.45, 7) is 7.59. The van der Waals surface area contributed by atoms with Crippen LogP contribution in [-0.2, 0) is 13.0 Å². The zero-order valence-electron chi connectivity index (χ0n) is 14.1. The Morgan fingerprint density at radius 1 is 1.30 bits per heavy atom. The number of aryl methyl sites for hydroxylation is 2. The maximum Gasteiger partial charge on any atom is 0.165 e. The van der Waals surface area contributed by atoms with Crippen LogP contribution in [0.1, 0.15) is 29.0 Å². The molecule has 0 fully saturated rings. The number of fused-ring (bicyclic) bond motifs is 1. The topological polar surface area (TPSA) is 47.7 Å². The zero-order valence-corrected chi connectivity index (χ0v) is 14.1. The number of aromatic nitrogens is 1. The van der Waals surface area contributed by atoms with Gasteiger partial charge >= 0.3 is 0 Å². The lowest BCUT2D eigenvalue weighted by molar-refractivity contribution is 0.202. The fourth-order valence-electron chi connectivity index (χ4n) is 3.11. The number of nitrogens with zero attached hydrogens (tertiary/aromatic N) is 2. The SMILES string of the molecule is COc1cccc2c1OCCCN(CCc1c(C)noc1C)C2. The van der Waals surface area contributed by atoms with Crippen molar-refractivity contribution in [3.05, 3.63) is 40.8 Å². The third-order valence-electron chi connectivity index (χ3n) is 4.40. The molecule has 0 atom stereocenters. The molecule has 2 aromatic rings. The Morgan fingerprint density at radius 3 is 2.91 bits per heavy atom. The van der Waals surface area contributed by atoms with Gasteiger partial charge in [0, 0.05) is 30.8 Å². The maximum absolute atomic E-state index is 5.91. The highest BCUT2D eigenvalue weighted by molar-refractivity contribution is 5.46. The van der Waals surface area contributed by atoms with Gasteiger partial charge in [0.1, 0.15) is 5.76 Å². The van der Waals surface area contributed by atoms with Crippen molar-refractivity contribution in [1.29, 1.82) is 0 Å². The molecule has 0 N–H and O–H groups in total. The van der Waals surface area contributed by atoms with Crippen molar-refractivity contribution < 1.29 is 14.0 Å². The van der Waals surface area contributed by atoms with Gasteiger partial charge in [-0.05, 0) is 32.8 Å². The number of para-hydroxylation sites is 1. The van der Waals surface area contributed by atoms with Gasteiger partial charge in [0.25, 0.3) is 0 Å². The minimum absolute atomic E-state index is 0.717. The first kappa shape index (κ1) is 15.9. The van der Waals surface area contributed by atoms with Crippen molar-refractivity contribution in [2.75, 3.05) is 26.8 Å². The van der Waals surface area contributed by atoms with Crippen LogP contribution in [0, 0.1) is 13.8 Å². The van der Waals surface area contributed by atoms with E-state index < -0.39 is 0 Å². The maximum atomic E-state index is 5.91. The predicted octanol–water partition coefficient (Wildman–Crippen LogP) is 3.13. The lowest BCUT2D eigenvalue weighted by atomic mass is 10.1. The van der Waals surface area contributed by atoms with Gasteiger partial charge in [0.15, 0.2) is 11.5 Å². The molecule has 0 amide bonds. The number of methoxy groups -OCH3 is 1. The molecule has 1 aromatic heterocycles. The fraction of sp³-hybridized carbons (Fsp3) is 0.500. The monoisotopic (exact) mass is 316 g/mol. The number of hydrogen-bond acceptors (Lipinski definition) is 5. The van der Waals surface area contributed by atoms with E-state index in [0.29, 0.717) is 0 Å². The molecular weight excluding hydrogens is 292 g/mol. The molecule has 0 radical (unpaired) electrons. The average molecular weight is 316 g/mol. The highest BCUT2D eigenvalue weighted by Crippen LogP contribution is 2.33. The van der Waals surface area contributed by atoms with Crippen molar-refractivity contribution in [3.63, 3.8) is 0 Å². The van der Waals surface area contributed by atoms with Gasteiger partial charge in [0.05, 0.1) is 19.4 Å². The van der Waals surface area contributed by atoms with Gasteiger partial charge in [-0.25, -0.2) is 0 Å². The first-order valence-electron chi connectivity index (χ1n) is 8.12. The van der Waals surface area contributed by atoms with Crippen LogP contribution >= 0.6 is 0 Å². The highest BCUT2D eigenvalue weighted by Gasteiger charge is 2.18. The number of ether oxygens (including phenoxy) is 2. The second-order valence-corrected chi connectivity index (χ2v) is 5.98. The Balaban J connectivity index is 1.73. The van der Waals surface area contributed by atoms with E-state index in [1.54, 1.807) is 7.11 Å². The van der Waals surface area contributed by atoms with E-state index >= 15 is 0 Å². The summed E-state index contributed by atoms with van der Waals surface area (Å²) in [5.41, 5.74) is 3.41. The van der Waals surface area contributed by atoms with Crippen molar-refractivity contribution in [2.24, 2.45) is 0 Å². The van der Waals surface area contributed by atoms with E-state index in [-0.39, 0.29) is 0 Å². The number of rotatable bonds is 4. The summed E-state index contributed by atoms with van der Waals surface area (Å²) in [7, 11) is 1.69. The molecule has 1 aliphatic heterocycles. The Hall–Kier alpha value is -2.01. The van der Waals surface area contributed by atoms with E-state index in [1.807, 2.05) is 26.0 Å². The lowest BCUT2D eigenvalue weighted by Gasteiger charge is -2.27. The molecule has 0 saturated carbocycles. The predicted molar refractivity (Wildman–Crippen MR) is 88.1 cm³/mol. The lowest BCUT2D eigenvalue weighted by Crippen LogP contribution is -2.30. The minimum Gasteiger partial charge on any atom is -0.493 e. The summed E-state index contributed by atoms with van der Waals surface area (Å²) in [4.78, 5) is 2.46. The molecule has 0 unspecified atom stereocenters. The van der Waals surface area contributed by atoms with E-state index in [4.69, 9.17) is 14.0 Å². The Bertz CT molecular complexity index is 647. The van der Waals surface area contributed by atoms with Crippen molar-refractivity contribution >= 4 is 0 Å². The van der Waals surface area contributed by atoms with E-state index in [0.717, 1.165) is 62.0 Å². The van der Waals surface area contributed by atoms with Crippen molar-refractivity contribution in [3.8, 4) is 11.5 Å². The average Bonchev–Trinajstić information content (AvgIpc) is 2.85. The largest absolute Gasteiger partial charge is 0.493 e. The molecule has 0 bridgehead atoms. The van der Waals surface area contributed by atoms with Gasteiger partial charge in [-0.15, -0.1) is 0 Å². The van der Waals surface area contributed by atoms with Crippen LogP contribution in [0.5, 0.6) is 11.5 Å². The van der Waals surface area contributed by atoms with Gasteiger partial charge in [0.2, 0.25) is 0 Å². The van der Waals surface area contributed by atoms with Crippen molar-refractivity contribution in [2.45, 2.75) is 33.2 Å². The molecule has 0 aliphatic carbocycles. The Morgan fingerprint density at radius 2 is 2.17 bits per heavy atom. The van der Waals surface area contributed by atoms with Gasteiger partial charge in [-0.1, -0.05) is 17.3 Å². The molecule has 124 valence electrons. The molecule has 5 nitrogen and oxygen atoms in total. The normalized spacial score (nSPS) is 15.4. The van der Waals surface area contributed by atoms with Crippen LogP contribution in [0.15, 0.2) is 22.7 Å². The Kier molecular flexibility index (Phi) is 4.86. The first-order valence-corrected chi connectivity index (χ1v) is 8.12. The molecule has 2 heterocycles. The third-order valence-corrected chi connectivity index (χ3v) is 4.40. The van der Waals surface area contributed by atoms with Gasteiger partial charge < -0.3 is 14.0 Å². The second kappa shape index (κ2) is 7.04. The summed E-state index contributed by atoms with van der Waals surface area (Å²) in [5.74, 6) is 2.63. The summed E-state index contributed by atoms with van der Waals surface area (Å²) < 4.78 is 16.6. The molecule has 0 saturated heterocycles. The summed E-state index contributed by atoms with van der Waals surface area (Å²) in [6.07, 6.45) is 1.97. The molecule has 1 aromatic carbocycles. The Labute approximate surface area is 137 Å². The molecule has 3 rings (SSSR count). The van der Waals surface area contributed by atoms with Crippen LogP contribution < -0.4 is 9.47 Å². The third kappa shape index (κ3) is 3.50. The van der Waals surface area contributed by atoms with Gasteiger partial charge in [-0.2, -0.15) is 0 Å². The quantitative estimate of drug-likeness (QED) is 0.867. The van der Waals surface area contributed by atoms with Crippen molar-refractivity contribution in [1.82, 2.24) is 10.1 Å².